The van der Waals surface area contributed by atoms with Crippen molar-refractivity contribution in [2.24, 2.45) is 0 Å². The molecule has 1 aliphatic rings. The van der Waals surface area contributed by atoms with Gasteiger partial charge in [0.25, 0.3) is 0 Å². The summed E-state index contributed by atoms with van der Waals surface area (Å²) >= 11 is 6.64. The van der Waals surface area contributed by atoms with Crippen LogP contribution in [0.3, 0.4) is 0 Å². The van der Waals surface area contributed by atoms with Crippen LogP contribution in [0.4, 0.5) is 0 Å². The van der Waals surface area contributed by atoms with E-state index < -0.39 is 10.0 Å². The zero-order valence-corrected chi connectivity index (χ0v) is 15.0. The number of sulfonamides is 1. The fourth-order valence-corrected chi connectivity index (χ4v) is 5.14. The molecule has 110 valence electrons. The second-order valence-electron chi connectivity index (χ2n) is 4.48. The van der Waals surface area contributed by atoms with E-state index in [1.165, 1.54) is 4.31 Å². The molecule has 0 fully saturated rings. The Kier molecular flexibility index (Phi) is 5.42. The molecule has 0 atom stereocenters. The van der Waals surface area contributed by atoms with Crippen LogP contribution in [0.1, 0.15) is 6.42 Å². The van der Waals surface area contributed by atoms with Gasteiger partial charge in [-0.05, 0) is 46.1 Å². The van der Waals surface area contributed by atoms with E-state index in [0.717, 1.165) is 10.0 Å². The van der Waals surface area contributed by atoms with Crippen LogP contribution in [0.2, 0.25) is 0 Å². The number of benzene rings is 1. The number of rotatable bonds is 4. The van der Waals surface area contributed by atoms with Gasteiger partial charge >= 0.3 is 0 Å². The lowest BCUT2D eigenvalue weighted by atomic mass is 10.1. The van der Waals surface area contributed by atoms with Crippen molar-refractivity contribution < 1.29 is 13.2 Å². The monoisotopic (exact) mass is 423 g/mol. The highest BCUT2D eigenvalue weighted by Crippen LogP contribution is 2.29. The third-order valence-electron chi connectivity index (χ3n) is 3.11. The Morgan fingerprint density at radius 2 is 2.10 bits per heavy atom. The molecule has 0 unspecified atom stereocenters. The molecule has 4 nitrogen and oxygen atoms in total. The molecule has 1 heterocycles. The SMILES string of the molecule is COCC1=CCN(S(=O)(=O)c2ccc(Br)cc2Br)CC1. The van der Waals surface area contributed by atoms with E-state index in [-0.39, 0.29) is 0 Å². The van der Waals surface area contributed by atoms with Crippen LogP contribution >= 0.6 is 31.9 Å². The number of ether oxygens (including phenoxy) is 1. The van der Waals surface area contributed by atoms with Gasteiger partial charge in [0.1, 0.15) is 0 Å². The molecule has 2 rings (SSSR count). The average molecular weight is 425 g/mol. The molecule has 1 aromatic carbocycles. The van der Waals surface area contributed by atoms with Crippen LogP contribution in [-0.4, -0.2) is 39.5 Å². The minimum Gasteiger partial charge on any atom is -0.380 e. The van der Waals surface area contributed by atoms with Crippen LogP contribution in [0.25, 0.3) is 0 Å². The third-order valence-corrected chi connectivity index (χ3v) is 6.44. The van der Waals surface area contributed by atoms with E-state index in [4.69, 9.17) is 4.74 Å². The van der Waals surface area contributed by atoms with Gasteiger partial charge in [-0.2, -0.15) is 4.31 Å². The summed E-state index contributed by atoms with van der Waals surface area (Å²) in [5.74, 6) is 0. The van der Waals surface area contributed by atoms with Crippen molar-refractivity contribution in [3.63, 3.8) is 0 Å². The highest BCUT2D eigenvalue weighted by molar-refractivity contribution is 9.11. The minimum absolute atomic E-state index is 0.296. The first-order valence-electron chi connectivity index (χ1n) is 6.07. The minimum atomic E-state index is -3.47. The highest BCUT2D eigenvalue weighted by Gasteiger charge is 2.27. The van der Waals surface area contributed by atoms with Gasteiger partial charge in [0.05, 0.1) is 11.5 Å². The molecule has 0 aromatic heterocycles. The van der Waals surface area contributed by atoms with E-state index >= 15 is 0 Å². The molecule has 1 aromatic rings. The highest BCUT2D eigenvalue weighted by atomic mass is 79.9. The van der Waals surface area contributed by atoms with Gasteiger partial charge in [-0.1, -0.05) is 22.0 Å². The van der Waals surface area contributed by atoms with Gasteiger partial charge in [-0.3, -0.25) is 0 Å². The number of hydrogen-bond acceptors (Lipinski definition) is 3. The van der Waals surface area contributed by atoms with Gasteiger partial charge in [-0.15, -0.1) is 0 Å². The Labute approximate surface area is 136 Å². The van der Waals surface area contributed by atoms with Crippen molar-refractivity contribution in [1.29, 1.82) is 0 Å². The van der Waals surface area contributed by atoms with Crippen molar-refractivity contribution in [3.05, 3.63) is 38.8 Å². The smallest absolute Gasteiger partial charge is 0.244 e. The quantitative estimate of drug-likeness (QED) is 0.697. The average Bonchev–Trinajstić information content (AvgIpc) is 2.39. The van der Waals surface area contributed by atoms with Crippen molar-refractivity contribution >= 4 is 41.9 Å². The van der Waals surface area contributed by atoms with Crippen LogP contribution < -0.4 is 0 Å². The molecule has 0 saturated carbocycles. The van der Waals surface area contributed by atoms with E-state index in [0.29, 0.717) is 35.5 Å². The fraction of sp³-hybridized carbons (Fsp3) is 0.385. The molecule has 0 spiro atoms. The summed E-state index contributed by atoms with van der Waals surface area (Å²) in [6.45, 7) is 1.44. The standard InChI is InChI=1S/C13H15Br2NO3S/c1-19-9-10-4-6-16(7-5-10)20(17,18)13-3-2-11(14)8-12(13)15/h2-4,8H,5-7,9H2,1H3. The molecule has 1 aliphatic heterocycles. The maximum Gasteiger partial charge on any atom is 0.244 e. The van der Waals surface area contributed by atoms with E-state index in [9.17, 15) is 8.42 Å². The molecule has 0 radical (unpaired) electrons. The molecule has 0 bridgehead atoms. The van der Waals surface area contributed by atoms with Gasteiger partial charge in [0.2, 0.25) is 10.0 Å². The maximum absolute atomic E-state index is 12.6. The molecule has 0 saturated heterocycles. The molecular formula is C13H15Br2NO3S. The predicted octanol–water partition coefficient (Wildman–Crippen LogP) is 3.18. The zero-order chi connectivity index (χ0) is 14.8. The summed E-state index contributed by atoms with van der Waals surface area (Å²) < 4.78 is 33.2. The van der Waals surface area contributed by atoms with Crippen LogP contribution in [0.15, 0.2) is 43.7 Å². The molecule has 7 heteroatoms. The van der Waals surface area contributed by atoms with E-state index in [2.05, 4.69) is 31.9 Å². The summed E-state index contributed by atoms with van der Waals surface area (Å²) in [4.78, 5) is 0.296. The summed E-state index contributed by atoms with van der Waals surface area (Å²) in [6.07, 6.45) is 2.64. The first kappa shape index (κ1) is 16.2. The van der Waals surface area contributed by atoms with Crippen LogP contribution in [0, 0.1) is 0 Å². The fourth-order valence-electron chi connectivity index (χ4n) is 2.05. The Morgan fingerprint density at radius 1 is 1.35 bits per heavy atom. The topological polar surface area (TPSA) is 46.6 Å². The molecular weight excluding hydrogens is 410 g/mol. The Morgan fingerprint density at radius 3 is 2.65 bits per heavy atom. The number of halogens is 2. The molecule has 0 N–H and O–H groups in total. The molecule has 0 aliphatic carbocycles. The lowest BCUT2D eigenvalue weighted by molar-refractivity contribution is 0.219. The Hall–Kier alpha value is -0.210. The zero-order valence-electron chi connectivity index (χ0n) is 11.0. The van der Waals surface area contributed by atoms with Gasteiger partial charge < -0.3 is 4.74 Å². The Bertz CT molecular complexity index is 629. The maximum atomic E-state index is 12.6. The summed E-state index contributed by atoms with van der Waals surface area (Å²) in [6, 6.07) is 5.08. The first-order valence-corrected chi connectivity index (χ1v) is 9.10. The molecule has 20 heavy (non-hydrogen) atoms. The summed E-state index contributed by atoms with van der Waals surface area (Å²) in [5, 5.41) is 0. The van der Waals surface area contributed by atoms with Gasteiger partial charge in [0, 0.05) is 29.1 Å². The molecule has 0 amide bonds. The normalized spacial score (nSPS) is 17.1. The number of methoxy groups -OCH3 is 1. The summed E-state index contributed by atoms with van der Waals surface area (Å²) in [7, 11) is -1.83. The van der Waals surface area contributed by atoms with Gasteiger partial charge in [0.15, 0.2) is 0 Å². The van der Waals surface area contributed by atoms with E-state index in [1.54, 1.807) is 25.3 Å². The van der Waals surface area contributed by atoms with Crippen molar-refractivity contribution in [1.82, 2.24) is 4.31 Å². The van der Waals surface area contributed by atoms with Crippen molar-refractivity contribution in [2.75, 3.05) is 26.8 Å². The van der Waals surface area contributed by atoms with Crippen molar-refractivity contribution in [2.45, 2.75) is 11.3 Å². The first-order chi connectivity index (χ1) is 9.45. The van der Waals surface area contributed by atoms with Crippen LogP contribution in [0.5, 0.6) is 0 Å². The lowest BCUT2D eigenvalue weighted by Gasteiger charge is -2.26. The number of nitrogens with zero attached hydrogens (tertiary/aromatic N) is 1. The third kappa shape index (κ3) is 3.51. The number of hydrogen-bond donors (Lipinski definition) is 0. The Balaban J connectivity index is 2.24. The van der Waals surface area contributed by atoms with Crippen molar-refractivity contribution in [3.8, 4) is 0 Å². The lowest BCUT2D eigenvalue weighted by Crippen LogP contribution is -2.35. The van der Waals surface area contributed by atoms with Gasteiger partial charge in [-0.25, -0.2) is 8.42 Å². The second-order valence-corrected chi connectivity index (χ2v) is 8.16. The second kappa shape index (κ2) is 6.70. The largest absolute Gasteiger partial charge is 0.380 e. The summed E-state index contributed by atoms with van der Waals surface area (Å²) in [5.41, 5.74) is 1.15. The predicted molar refractivity (Wildman–Crippen MR) is 85.2 cm³/mol. The van der Waals surface area contributed by atoms with Crippen LogP contribution in [-0.2, 0) is 14.8 Å². The van der Waals surface area contributed by atoms with E-state index in [1.807, 2.05) is 6.08 Å².